The minimum Gasteiger partial charge on any atom is -0.456 e. The van der Waals surface area contributed by atoms with Crippen LogP contribution in [0.1, 0.15) is 104 Å². The van der Waals surface area contributed by atoms with Crippen molar-refractivity contribution in [3.8, 4) is 47.4 Å². The topological polar surface area (TPSA) is 256 Å². The van der Waals surface area contributed by atoms with Crippen LogP contribution in [-0.2, 0) is 41.8 Å². The molecule has 4 unspecified atom stereocenters. The maximum atomic E-state index is 12.8. The van der Waals surface area contributed by atoms with E-state index in [2.05, 4.69) is 58.8 Å². The molecule has 0 heterocycles. The van der Waals surface area contributed by atoms with Crippen LogP contribution in [0, 0.1) is 47.4 Å². The maximum Gasteiger partial charge on any atom is 0.472 e. The highest BCUT2D eigenvalue weighted by molar-refractivity contribution is 7.47. The molecule has 1 rings (SSSR count). The Kier molecular flexibility index (Phi) is 24.5. The zero-order valence-corrected chi connectivity index (χ0v) is 31.8. The van der Waals surface area contributed by atoms with Crippen LogP contribution in [0.25, 0.3) is 0 Å². The summed E-state index contributed by atoms with van der Waals surface area (Å²) in [5.41, 5.74) is 0. The van der Waals surface area contributed by atoms with Crippen molar-refractivity contribution >= 4 is 27.6 Å². The van der Waals surface area contributed by atoms with Gasteiger partial charge in [-0.25, -0.2) is 13.9 Å². The second kappa shape index (κ2) is 26.9. The van der Waals surface area contributed by atoms with Gasteiger partial charge >= 0.3 is 27.6 Å². The highest BCUT2D eigenvalue weighted by Gasteiger charge is 2.54. The first kappa shape index (κ1) is 48.3. The third kappa shape index (κ3) is 22.3. The number of phosphoric ester groups is 2. The van der Waals surface area contributed by atoms with Gasteiger partial charge in [0.2, 0.25) is 0 Å². The van der Waals surface area contributed by atoms with Crippen molar-refractivity contribution in [2.45, 2.75) is 146 Å². The van der Waals surface area contributed by atoms with Gasteiger partial charge < -0.3 is 44.6 Å². The van der Waals surface area contributed by atoms with Crippen LogP contribution in [0.3, 0.4) is 0 Å². The lowest BCUT2D eigenvalue weighted by Crippen LogP contribution is -2.64. The highest BCUT2D eigenvalue weighted by atomic mass is 31.2. The summed E-state index contributed by atoms with van der Waals surface area (Å²) in [5.74, 6) is 16.9. The summed E-state index contributed by atoms with van der Waals surface area (Å²) in [7, 11) is -10.7. The number of esters is 2. The summed E-state index contributed by atoms with van der Waals surface area (Å²) in [4.78, 5) is 53.2. The molecule has 0 aromatic heterocycles. The molecule has 0 amide bonds. The highest BCUT2D eigenvalue weighted by Crippen LogP contribution is 2.49. The van der Waals surface area contributed by atoms with Gasteiger partial charge in [0, 0.05) is 12.3 Å². The molecule has 1 aliphatic rings. The lowest BCUT2D eigenvalue weighted by atomic mass is 9.85. The molecule has 298 valence electrons. The van der Waals surface area contributed by atoms with E-state index < -0.39 is 83.5 Å². The first-order valence-corrected chi connectivity index (χ1v) is 20.5. The Morgan fingerprint density at radius 1 is 0.642 bits per heavy atom. The summed E-state index contributed by atoms with van der Waals surface area (Å²) in [6.45, 7) is 2.15. The second-order valence-corrected chi connectivity index (χ2v) is 14.8. The van der Waals surface area contributed by atoms with Crippen LogP contribution in [0.15, 0.2) is 0 Å². The standard InChI is InChI=1S/C35H52O16P2/c1-3-5-7-9-11-12-13-14-15-16-18-20-22-24-29(37)49-27(25-47-28(36)23-21-19-17-10-8-6-4-2)26-48-53(45,46)51-35-32(40)30(38)31(39)34(33(35)41)50-52(42,43)44/h27,30-35,38-41H,3,5,7,9,11-16,18,20,22,24-26H2,1-2H3,(H,45,46)(H2,42,43,44)/t27-,30-,31?,32-,33?,34+,35?/m1/s1. The van der Waals surface area contributed by atoms with Crippen LogP contribution < -0.4 is 0 Å². The number of carbonyl (C=O) groups is 2. The molecule has 8 atom stereocenters. The number of aliphatic hydroxyl groups excluding tert-OH is 4. The van der Waals surface area contributed by atoms with Gasteiger partial charge in [0.05, 0.1) is 6.61 Å². The van der Waals surface area contributed by atoms with Gasteiger partial charge in [-0.15, -0.1) is 0 Å². The molecular formula is C35H52O16P2. The predicted molar refractivity (Wildman–Crippen MR) is 190 cm³/mol. The Bertz CT molecular complexity index is 1470. The van der Waals surface area contributed by atoms with Crippen LogP contribution >= 0.6 is 15.6 Å². The van der Waals surface area contributed by atoms with Crippen molar-refractivity contribution in [3.05, 3.63) is 0 Å². The Hall–Kier alpha value is -2.76. The number of hydrogen-bond donors (Lipinski definition) is 7. The van der Waals surface area contributed by atoms with Crippen LogP contribution in [0.4, 0.5) is 0 Å². The maximum absolute atomic E-state index is 12.8. The molecule has 53 heavy (non-hydrogen) atoms. The molecular weight excluding hydrogens is 738 g/mol. The first-order valence-electron chi connectivity index (χ1n) is 17.5. The number of carbonyl (C=O) groups excluding carboxylic acids is 2. The molecule has 1 fully saturated rings. The molecule has 16 nitrogen and oxygen atoms in total. The molecule has 0 aliphatic heterocycles. The lowest BCUT2D eigenvalue weighted by molar-refractivity contribution is -0.216. The second-order valence-electron chi connectivity index (χ2n) is 12.2. The molecule has 7 N–H and O–H groups in total. The Morgan fingerprint density at radius 2 is 1.13 bits per heavy atom. The van der Waals surface area contributed by atoms with Crippen molar-refractivity contribution < 1.29 is 76.9 Å². The van der Waals surface area contributed by atoms with Gasteiger partial charge in [0.1, 0.15) is 43.2 Å². The van der Waals surface area contributed by atoms with Gasteiger partial charge in [-0.2, -0.15) is 0 Å². The third-order valence-electron chi connectivity index (χ3n) is 7.77. The van der Waals surface area contributed by atoms with E-state index in [-0.39, 0.29) is 6.42 Å². The van der Waals surface area contributed by atoms with Crippen LogP contribution in [0.2, 0.25) is 0 Å². The first-order chi connectivity index (χ1) is 25.1. The van der Waals surface area contributed by atoms with Gasteiger partial charge in [0.15, 0.2) is 6.10 Å². The summed E-state index contributed by atoms with van der Waals surface area (Å²) in [6, 6.07) is 0. The van der Waals surface area contributed by atoms with Crippen molar-refractivity contribution in [2.75, 3.05) is 13.2 Å². The fourth-order valence-corrected chi connectivity index (χ4v) is 6.61. The zero-order valence-electron chi connectivity index (χ0n) is 30.1. The summed E-state index contributed by atoms with van der Waals surface area (Å²) in [6.07, 6.45) is -0.866. The number of aliphatic hydroxyl groups is 4. The predicted octanol–water partition coefficient (Wildman–Crippen LogP) is 2.39. The van der Waals surface area contributed by atoms with E-state index in [0.29, 0.717) is 6.42 Å². The minimum absolute atomic E-state index is 0.0179. The fraction of sp³-hybridized carbons (Fsp3) is 0.714. The Balaban J connectivity index is 2.78. The third-order valence-corrected chi connectivity index (χ3v) is 9.27. The molecule has 0 radical (unpaired) electrons. The molecule has 1 saturated carbocycles. The normalized spacial score (nSPS) is 22.5. The van der Waals surface area contributed by atoms with Crippen molar-refractivity contribution in [1.82, 2.24) is 0 Å². The minimum atomic E-state index is -5.38. The van der Waals surface area contributed by atoms with Crippen molar-refractivity contribution in [3.63, 3.8) is 0 Å². The number of rotatable bonds is 24. The van der Waals surface area contributed by atoms with E-state index in [4.69, 9.17) is 28.3 Å². The van der Waals surface area contributed by atoms with Crippen molar-refractivity contribution in [1.29, 1.82) is 0 Å². The molecule has 0 saturated heterocycles. The number of phosphoric acid groups is 2. The average Bonchev–Trinajstić information content (AvgIpc) is 3.10. The molecule has 0 aromatic carbocycles. The smallest absolute Gasteiger partial charge is 0.456 e. The molecule has 0 aromatic rings. The number of ether oxygens (including phenoxy) is 2. The fourth-order valence-electron chi connectivity index (χ4n) is 5.07. The van der Waals surface area contributed by atoms with Gasteiger partial charge in [0.25, 0.3) is 0 Å². The molecule has 0 bridgehead atoms. The van der Waals surface area contributed by atoms with E-state index in [9.17, 15) is 44.0 Å². The van der Waals surface area contributed by atoms with E-state index in [1.165, 1.54) is 44.9 Å². The SMILES string of the molecule is CC#CC#CC#CC#CC(=O)OC[C@H](COP(=O)(O)OC1C(O)[C@@H](OP(=O)(O)O)C(O)[C@@H](O)[C@H]1O)OC(=O)CCCCCCCCCCCCCCC. The Morgan fingerprint density at radius 3 is 1.66 bits per heavy atom. The van der Waals surface area contributed by atoms with E-state index in [0.717, 1.165) is 32.1 Å². The van der Waals surface area contributed by atoms with Crippen molar-refractivity contribution in [2.24, 2.45) is 0 Å². The molecule has 1 aliphatic carbocycles. The van der Waals surface area contributed by atoms with E-state index >= 15 is 0 Å². The summed E-state index contributed by atoms with van der Waals surface area (Å²) < 4.78 is 48.3. The monoisotopic (exact) mass is 790 g/mol. The van der Waals surface area contributed by atoms with Gasteiger partial charge in [-0.3, -0.25) is 18.4 Å². The van der Waals surface area contributed by atoms with Gasteiger partial charge in [-0.1, -0.05) is 89.9 Å². The summed E-state index contributed by atoms with van der Waals surface area (Å²) >= 11 is 0. The number of unbranched alkanes of at least 4 members (excludes halogenated alkanes) is 12. The van der Waals surface area contributed by atoms with Gasteiger partial charge in [-0.05, 0) is 48.9 Å². The van der Waals surface area contributed by atoms with E-state index in [1.807, 2.05) is 0 Å². The molecule has 0 spiro atoms. The largest absolute Gasteiger partial charge is 0.472 e. The van der Waals surface area contributed by atoms with Crippen LogP contribution in [0.5, 0.6) is 0 Å². The van der Waals surface area contributed by atoms with E-state index in [1.54, 1.807) is 6.92 Å². The Labute approximate surface area is 311 Å². The lowest BCUT2D eigenvalue weighted by Gasteiger charge is -2.43. The average molecular weight is 791 g/mol. The quantitative estimate of drug-likeness (QED) is 0.0244. The van der Waals surface area contributed by atoms with Crippen LogP contribution in [-0.4, -0.2) is 103 Å². The number of hydrogen-bond acceptors (Lipinski definition) is 13. The zero-order chi connectivity index (χ0) is 39.7. The summed E-state index contributed by atoms with van der Waals surface area (Å²) in [5, 5.41) is 40.8. The molecule has 18 heteroatoms.